The van der Waals surface area contributed by atoms with Crippen molar-refractivity contribution in [3.63, 3.8) is 0 Å². The number of hydrogen-bond acceptors (Lipinski definition) is 2. The Hall–Kier alpha value is -0.0800. The van der Waals surface area contributed by atoms with E-state index in [1.54, 1.807) is 0 Å². The lowest BCUT2D eigenvalue weighted by molar-refractivity contribution is 0.220. The predicted octanol–water partition coefficient (Wildman–Crippen LogP) is 1.57. The zero-order valence-electron chi connectivity index (χ0n) is 9.63. The zero-order valence-corrected chi connectivity index (χ0v) is 9.63. The monoisotopic (exact) mass is 196 g/mol. The number of nitrogens with zero attached hydrogens (tertiary/aromatic N) is 1. The molecular formula is C12H24N2. The molecule has 0 radical (unpaired) electrons. The number of nitrogens with one attached hydrogen (secondary N) is 1. The maximum atomic E-state index is 3.49. The van der Waals surface area contributed by atoms with Gasteiger partial charge in [0.05, 0.1) is 0 Å². The van der Waals surface area contributed by atoms with Gasteiger partial charge >= 0.3 is 0 Å². The van der Waals surface area contributed by atoms with Crippen LogP contribution in [0.1, 0.15) is 26.7 Å². The first-order valence-electron chi connectivity index (χ1n) is 6.22. The van der Waals surface area contributed by atoms with Crippen LogP contribution in [0, 0.1) is 17.8 Å². The van der Waals surface area contributed by atoms with Crippen molar-refractivity contribution < 1.29 is 0 Å². The Morgan fingerprint density at radius 3 is 2.50 bits per heavy atom. The van der Waals surface area contributed by atoms with Gasteiger partial charge in [0.15, 0.2) is 0 Å². The molecule has 0 aromatic carbocycles. The van der Waals surface area contributed by atoms with Crippen molar-refractivity contribution in [2.45, 2.75) is 26.7 Å². The second kappa shape index (κ2) is 4.63. The van der Waals surface area contributed by atoms with Crippen molar-refractivity contribution in [1.29, 1.82) is 0 Å². The highest BCUT2D eigenvalue weighted by Gasteiger charge is 2.28. The van der Waals surface area contributed by atoms with Gasteiger partial charge in [-0.15, -0.1) is 0 Å². The van der Waals surface area contributed by atoms with E-state index in [1.807, 2.05) is 0 Å². The Bertz CT molecular complexity index is 177. The first kappa shape index (κ1) is 10.4. The summed E-state index contributed by atoms with van der Waals surface area (Å²) >= 11 is 0. The van der Waals surface area contributed by atoms with Gasteiger partial charge in [-0.25, -0.2) is 0 Å². The molecule has 0 spiro atoms. The summed E-state index contributed by atoms with van der Waals surface area (Å²) < 4.78 is 0. The quantitative estimate of drug-likeness (QED) is 0.718. The van der Waals surface area contributed by atoms with Crippen LogP contribution < -0.4 is 5.32 Å². The SMILES string of the molecule is CCN(CC1CC1)C[C@@H]1CNC[C@H]1C. The van der Waals surface area contributed by atoms with E-state index >= 15 is 0 Å². The average Bonchev–Trinajstić information content (AvgIpc) is 2.90. The Morgan fingerprint density at radius 2 is 2.00 bits per heavy atom. The van der Waals surface area contributed by atoms with E-state index in [0.717, 1.165) is 17.8 Å². The van der Waals surface area contributed by atoms with Gasteiger partial charge in [0.2, 0.25) is 0 Å². The lowest BCUT2D eigenvalue weighted by Crippen LogP contribution is -2.33. The molecule has 0 aromatic rings. The molecular weight excluding hydrogens is 172 g/mol. The molecule has 2 rings (SSSR count). The second-order valence-corrected chi connectivity index (χ2v) is 5.19. The molecule has 1 aliphatic carbocycles. The smallest absolute Gasteiger partial charge is 0.00248 e. The molecule has 1 saturated heterocycles. The fourth-order valence-corrected chi connectivity index (χ4v) is 2.44. The largest absolute Gasteiger partial charge is 0.316 e. The minimum atomic E-state index is 0.878. The van der Waals surface area contributed by atoms with Gasteiger partial charge in [0.1, 0.15) is 0 Å². The minimum absolute atomic E-state index is 0.878. The van der Waals surface area contributed by atoms with Crippen molar-refractivity contribution in [1.82, 2.24) is 10.2 Å². The second-order valence-electron chi connectivity index (χ2n) is 5.19. The first-order chi connectivity index (χ1) is 6.79. The molecule has 2 atom stereocenters. The lowest BCUT2D eigenvalue weighted by Gasteiger charge is -2.25. The van der Waals surface area contributed by atoms with E-state index < -0.39 is 0 Å². The minimum Gasteiger partial charge on any atom is -0.316 e. The Morgan fingerprint density at radius 1 is 1.21 bits per heavy atom. The van der Waals surface area contributed by atoms with E-state index in [-0.39, 0.29) is 0 Å². The molecule has 1 heterocycles. The topological polar surface area (TPSA) is 15.3 Å². The summed E-state index contributed by atoms with van der Waals surface area (Å²) in [5, 5.41) is 3.49. The summed E-state index contributed by atoms with van der Waals surface area (Å²) in [5.41, 5.74) is 0. The fourth-order valence-electron chi connectivity index (χ4n) is 2.44. The predicted molar refractivity (Wildman–Crippen MR) is 60.4 cm³/mol. The van der Waals surface area contributed by atoms with Crippen LogP contribution in [0.15, 0.2) is 0 Å². The van der Waals surface area contributed by atoms with Gasteiger partial charge in [-0.3, -0.25) is 0 Å². The highest BCUT2D eigenvalue weighted by atomic mass is 15.1. The average molecular weight is 196 g/mol. The third kappa shape index (κ3) is 2.71. The molecule has 0 aromatic heterocycles. The molecule has 2 aliphatic rings. The standard InChI is InChI=1S/C12H24N2/c1-3-14(8-11-4-5-11)9-12-7-13-6-10(12)2/h10-13H,3-9H2,1-2H3/t10-,12+/m1/s1. The Balaban J connectivity index is 1.74. The molecule has 0 bridgehead atoms. The summed E-state index contributed by atoms with van der Waals surface area (Å²) in [5.74, 6) is 2.82. The van der Waals surface area contributed by atoms with Crippen LogP contribution in [0.4, 0.5) is 0 Å². The van der Waals surface area contributed by atoms with Gasteiger partial charge in [-0.1, -0.05) is 13.8 Å². The van der Waals surface area contributed by atoms with Gasteiger partial charge in [-0.05, 0) is 50.2 Å². The van der Waals surface area contributed by atoms with E-state index in [4.69, 9.17) is 0 Å². The maximum Gasteiger partial charge on any atom is 0.00248 e. The molecule has 1 N–H and O–H groups in total. The van der Waals surface area contributed by atoms with E-state index in [1.165, 1.54) is 45.6 Å². The first-order valence-corrected chi connectivity index (χ1v) is 6.22. The van der Waals surface area contributed by atoms with Crippen LogP contribution in [-0.4, -0.2) is 37.6 Å². The highest BCUT2D eigenvalue weighted by Crippen LogP contribution is 2.30. The van der Waals surface area contributed by atoms with Crippen LogP contribution in [0.2, 0.25) is 0 Å². The molecule has 2 fully saturated rings. The molecule has 1 aliphatic heterocycles. The molecule has 14 heavy (non-hydrogen) atoms. The molecule has 1 saturated carbocycles. The van der Waals surface area contributed by atoms with Crippen LogP contribution in [-0.2, 0) is 0 Å². The number of rotatable bonds is 5. The summed E-state index contributed by atoms with van der Waals surface area (Å²) in [4.78, 5) is 2.66. The third-order valence-corrected chi connectivity index (χ3v) is 3.83. The zero-order chi connectivity index (χ0) is 9.97. The lowest BCUT2D eigenvalue weighted by atomic mass is 9.97. The highest BCUT2D eigenvalue weighted by molar-refractivity contribution is 4.83. The van der Waals surface area contributed by atoms with Crippen LogP contribution >= 0.6 is 0 Å². The van der Waals surface area contributed by atoms with Crippen molar-refractivity contribution in [2.24, 2.45) is 17.8 Å². The van der Waals surface area contributed by atoms with Gasteiger partial charge in [0, 0.05) is 13.1 Å². The van der Waals surface area contributed by atoms with Crippen molar-refractivity contribution in [2.75, 3.05) is 32.7 Å². The van der Waals surface area contributed by atoms with E-state index in [0.29, 0.717) is 0 Å². The van der Waals surface area contributed by atoms with Crippen LogP contribution in [0.5, 0.6) is 0 Å². The van der Waals surface area contributed by atoms with Crippen molar-refractivity contribution >= 4 is 0 Å². The van der Waals surface area contributed by atoms with Crippen LogP contribution in [0.25, 0.3) is 0 Å². The fraction of sp³-hybridized carbons (Fsp3) is 1.00. The van der Waals surface area contributed by atoms with E-state index in [2.05, 4.69) is 24.1 Å². The Kier molecular flexibility index (Phi) is 3.45. The summed E-state index contributed by atoms with van der Waals surface area (Å²) in [6.07, 6.45) is 2.96. The molecule has 0 unspecified atom stereocenters. The summed E-state index contributed by atoms with van der Waals surface area (Å²) in [6, 6.07) is 0. The van der Waals surface area contributed by atoms with Crippen molar-refractivity contribution in [3.05, 3.63) is 0 Å². The van der Waals surface area contributed by atoms with Gasteiger partial charge < -0.3 is 10.2 Å². The molecule has 0 amide bonds. The maximum absolute atomic E-state index is 3.49. The Labute approximate surface area is 88.1 Å². The van der Waals surface area contributed by atoms with Crippen molar-refractivity contribution in [3.8, 4) is 0 Å². The summed E-state index contributed by atoms with van der Waals surface area (Å²) in [6.45, 7) is 11.1. The van der Waals surface area contributed by atoms with E-state index in [9.17, 15) is 0 Å². The third-order valence-electron chi connectivity index (χ3n) is 3.83. The molecule has 2 nitrogen and oxygen atoms in total. The van der Waals surface area contributed by atoms with Crippen LogP contribution in [0.3, 0.4) is 0 Å². The summed E-state index contributed by atoms with van der Waals surface area (Å²) in [7, 11) is 0. The normalized spacial score (nSPS) is 32.8. The molecule has 82 valence electrons. The molecule has 2 heteroatoms. The number of hydrogen-bond donors (Lipinski definition) is 1. The van der Waals surface area contributed by atoms with Gasteiger partial charge in [0.25, 0.3) is 0 Å². The van der Waals surface area contributed by atoms with Gasteiger partial charge in [-0.2, -0.15) is 0 Å².